The van der Waals surface area contributed by atoms with E-state index in [0.717, 1.165) is 22.3 Å². The molecule has 0 radical (unpaired) electrons. The number of aryl methyl sites for hydroxylation is 1. The Labute approximate surface area is 176 Å². The molecular formula is C25H25N3O2. The number of anilines is 1. The largest absolute Gasteiger partial charge is 0.496 e. The first kappa shape index (κ1) is 19.7. The number of para-hydroxylation sites is 1. The summed E-state index contributed by atoms with van der Waals surface area (Å²) in [5.74, 6) is 1.06. The molecule has 4 rings (SSSR count). The molecule has 0 aliphatic rings. The topological polar surface area (TPSA) is 55.6 Å². The Kier molecular flexibility index (Phi) is 5.53. The molecule has 1 amide bonds. The van der Waals surface area contributed by atoms with Gasteiger partial charge >= 0.3 is 0 Å². The van der Waals surface area contributed by atoms with Crippen molar-refractivity contribution in [2.24, 2.45) is 0 Å². The van der Waals surface area contributed by atoms with Gasteiger partial charge in [-0.25, -0.2) is 4.98 Å². The Bertz CT molecular complexity index is 1180. The Balaban J connectivity index is 1.82. The predicted molar refractivity (Wildman–Crippen MR) is 120 cm³/mol. The van der Waals surface area contributed by atoms with Crippen LogP contribution in [0.2, 0.25) is 0 Å². The van der Waals surface area contributed by atoms with Gasteiger partial charge in [0.25, 0.3) is 0 Å². The van der Waals surface area contributed by atoms with Crippen molar-refractivity contribution in [1.82, 2.24) is 9.38 Å². The summed E-state index contributed by atoms with van der Waals surface area (Å²) >= 11 is 0. The number of benzene rings is 2. The van der Waals surface area contributed by atoms with Gasteiger partial charge in [0.15, 0.2) is 0 Å². The Morgan fingerprint density at radius 1 is 1.10 bits per heavy atom. The normalized spacial score (nSPS) is 12.0. The van der Waals surface area contributed by atoms with E-state index in [2.05, 4.69) is 5.32 Å². The van der Waals surface area contributed by atoms with Gasteiger partial charge in [-0.3, -0.25) is 9.20 Å². The highest BCUT2D eigenvalue weighted by Gasteiger charge is 2.23. The van der Waals surface area contributed by atoms with Gasteiger partial charge in [0.05, 0.1) is 13.0 Å². The second kappa shape index (κ2) is 8.41. The van der Waals surface area contributed by atoms with Gasteiger partial charge in [-0.1, -0.05) is 49.4 Å². The molecular weight excluding hydrogens is 374 g/mol. The fourth-order valence-corrected chi connectivity index (χ4v) is 3.76. The molecule has 0 aliphatic carbocycles. The second-order valence-electron chi connectivity index (χ2n) is 7.30. The lowest BCUT2D eigenvalue weighted by Crippen LogP contribution is -2.22. The van der Waals surface area contributed by atoms with E-state index in [9.17, 15) is 4.79 Å². The summed E-state index contributed by atoms with van der Waals surface area (Å²) in [5, 5.41) is 3.16. The predicted octanol–water partition coefficient (Wildman–Crippen LogP) is 5.45. The Morgan fingerprint density at radius 3 is 2.57 bits per heavy atom. The summed E-state index contributed by atoms with van der Waals surface area (Å²) in [4.78, 5) is 18.1. The van der Waals surface area contributed by atoms with Gasteiger partial charge in [-0.2, -0.15) is 0 Å². The minimum absolute atomic E-state index is 0.0535. The van der Waals surface area contributed by atoms with Crippen LogP contribution in [0.25, 0.3) is 16.9 Å². The molecule has 0 spiro atoms. The van der Waals surface area contributed by atoms with Crippen molar-refractivity contribution in [2.75, 3.05) is 12.4 Å². The first-order valence-electron chi connectivity index (χ1n) is 10.1. The van der Waals surface area contributed by atoms with Crippen LogP contribution in [0.5, 0.6) is 5.75 Å². The van der Waals surface area contributed by atoms with Crippen molar-refractivity contribution in [3.63, 3.8) is 0 Å². The van der Waals surface area contributed by atoms with E-state index < -0.39 is 0 Å². The fourth-order valence-electron chi connectivity index (χ4n) is 3.76. The Hall–Kier alpha value is -3.60. The molecule has 0 fully saturated rings. The number of aromatic nitrogens is 2. The van der Waals surface area contributed by atoms with Gasteiger partial charge in [0.2, 0.25) is 5.91 Å². The van der Waals surface area contributed by atoms with Crippen LogP contribution in [-0.4, -0.2) is 22.4 Å². The third-order valence-corrected chi connectivity index (χ3v) is 5.31. The van der Waals surface area contributed by atoms with Crippen LogP contribution < -0.4 is 10.1 Å². The molecule has 0 aliphatic heterocycles. The molecule has 1 N–H and O–H groups in total. The van der Waals surface area contributed by atoms with E-state index in [1.807, 2.05) is 91.2 Å². The number of carbonyl (C=O) groups excluding carboxylic acids is 1. The number of hydrogen-bond acceptors (Lipinski definition) is 3. The molecule has 1 atom stereocenters. The molecule has 5 heteroatoms. The molecule has 0 saturated heterocycles. The molecule has 2 aromatic carbocycles. The quantitative estimate of drug-likeness (QED) is 0.469. The lowest BCUT2D eigenvalue weighted by molar-refractivity contribution is -0.117. The van der Waals surface area contributed by atoms with Crippen molar-refractivity contribution in [3.8, 4) is 17.0 Å². The standard InChI is InChI=1S/C25H25N3O2/c1-4-19(18-10-6-5-7-11-18)25(29)27-24-23(20-12-8-9-13-21(20)30-3)26-22-16-17(2)14-15-28(22)24/h5-16,19H,4H2,1-3H3,(H,27,29)/t19-/m0/s1. The first-order valence-corrected chi connectivity index (χ1v) is 10.1. The lowest BCUT2D eigenvalue weighted by atomic mass is 9.95. The van der Waals surface area contributed by atoms with E-state index in [1.165, 1.54) is 0 Å². The van der Waals surface area contributed by atoms with Crippen molar-refractivity contribution in [1.29, 1.82) is 0 Å². The van der Waals surface area contributed by atoms with Crippen LogP contribution in [-0.2, 0) is 4.79 Å². The van der Waals surface area contributed by atoms with Crippen LogP contribution in [0.1, 0.15) is 30.4 Å². The number of nitrogens with zero attached hydrogens (tertiary/aromatic N) is 2. The highest BCUT2D eigenvalue weighted by Crippen LogP contribution is 2.36. The monoisotopic (exact) mass is 399 g/mol. The van der Waals surface area contributed by atoms with Gasteiger partial charge in [-0.15, -0.1) is 0 Å². The molecule has 5 nitrogen and oxygen atoms in total. The number of nitrogens with one attached hydrogen (secondary N) is 1. The van der Waals surface area contributed by atoms with Gasteiger partial charge in [-0.05, 0) is 48.7 Å². The number of pyridine rings is 1. The summed E-state index contributed by atoms with van der Waals surface area (Å²) in [6, 6.07) is 21.6. The van der Waals surface area contributed by atoms with E-state index in [4.69, 9.17) is 9.72 Å². The number of fused-ring (bicyclic) bond motifs is 1. The maximum atomic E-state index is 13.3. The van der Waals surface area contributed by atoms with E-state index >= 15 is 0 Å². The van der Waals surface area contributed by atoms with E-state index in [0.29, 0.717) is 23.7 Å². The van der Waals surface area contributed by atoms with Gasteiger partial charge in [0.1, 0.15) is 22.9 Å². The zero-order valence-corrected chi connectivity index (χ0v) is 17.4. The SMILES string of the molecule is CC[C@H](C(=O)Nc1c(-c2ccccc2OC)nc2cc(C)ccn12)c1ccccc1. The van der Waals surface area contributed by atoms with E-state index in [1.54, 1.807) is 7.11 Å². The molecule has 0 bridgehead atoms. The van der Waals surface area contributed by atoms with E-state index in [-0.39, 0.29) is 11.8 Å². The first-order chi connectivity index (χ1) is 14.6. The van der Waals surface area contributed by atoms with Crippen molar-refractivity contribution < 1.29 is 9.53 Å². The Morgan fingerprint density at radius 2 is 1.83 bits per heavy atom. The van der Waals surface area contributed by atoms with Gasteiger partial charge < -0.3 is 10.1 Å². The average molecular weight is 399 g/mol. The highest BCUT2D eigenvalue weighted by molar-refractivity contribution is 5.99. The third-order valence-electron chi connectivity index (χ3n) is 5.31. The summed E-state index contributed by atoms with van der Waals surface area (Å²) in [6.45, 7) is 4.05. The highest BCUT2D eigenvalue weighted by atomic mass is 16.5. The summed E-state index contributed by atoms with van der Waals surface area (Å²) < 4.78 is 7.48. The molecule has 0 saturated carbocycles. The number of imidazole rings is 1. The van der Waals surface area contributed by atoms with Crippen molar-refractivity contribution in [3.05, 3.63) is 84.1 Å². The molecule has 2 aromatic heterocycles. The molecule has 152 valence electrons. The molecule has 0 unspecified atom stereocenters. The number of carbonyl (C=O) groups is 1. The summed E-state index contributed by atoms with van der Waals surface area (Å²) in [5.41, 5.74) is 4.41. The minimum Gasteiger partial charge on any atom is -0.496 e. The maximum absolute atomic E-state index is 13.3. The third kappa shape index (κ3) is 3.66. The average Bonchev–Trinajstić information content (AvgIpc) is 3.12. The molecule has 2 heterocycles. The number of rotatable bonds is 6. The number of amides is 1. The number of methoxy groups -OCH3 is 1. The fraction of sp³-hybridized carbons (Fsp3) is 0.200. The molecule has 4 aromatic rings. The van der Waals surface area contributed by atoms with Crippen LogP contribution in [0, 0.1) is 6.92 Å². The van der Waals surface area contributed by atoms with Crippen LogP contribution in [0.15, 0.2) is 72.9 Å². The van der Waals surface area contributed by atoms with Crippen LogP contribution in [0.4, 0.5) is 5.82 Å². The summed E-state index contributed by atoms with van der Waals surface area (Å²) in [7, 11) is 1.64. The second-order valence-corrected chi connectivity index (χ2v) is 7.30. The number of hydrogen-bond donors (Lipinski definition) is 1. The smallest absolute Gasteiger partial charge is 0.233 e. The van der Waals surface area contributed by atoms with Crippen LogP contribution in [0.3, 0.4) is 0 Å². The maximum Gasteiger partial charge on any atom is 0.233 e. The number of ether oxygens (including phenoxy) is 1. The lowest BCUT2D eigenvalue weighted by Gasteiger charge is -2.16. The minimum atomic E-state index is -0.243. The zero-order valence-electron chi connectivity index (χ0n) is 17.4. The molecule has 30 heavy (non-hydrogen) atoms. The van der Waals surface area contributed by atoms with Crippen molar-refractivity contribution in [2.45, 2.75) is 26.2 Å². The summed E-state index contributed by atoms with van der Waals surface area (Å²) in [6.07, 6.45) is 2.64. The van der Waals surface area contributed by atoms with Crippen LogP contribution >= 0.6 is 0 Å². The van der Waals surface area contributed by atoms with Crippen molar-refractivity contribution >= 4 is 17.4 Å². The van der Waals surface area contributed by atoms with Gasteiger partial charge in [0, 0.05) is 11.8 Å². The zero-order chi connectivity index (χ0) is 21.1.